The van der Waals surface area contributed by atoms with Crippen molar-refractivity contribution >= 4 is 17.6 Å². The predicted molar refractivity (Wildman–Crippen MR) is 76.9 cm³/mol. The minimum atomic E-state index is -0.481. The van der Waals surface area contributed by atoms with Crippen molar-refractivity contribution in [1.29, 1.82) is 0 Å². The number of amides is 1. The van der Waals surface area contributed by atoms with Crippen molar-refractivity contribution in [2.45, 2.75) is 6.92 Å². The maximum absolute atomic E-state index is 12.2. The lowest BCUT2D eigenvalue weighted by atomic mass is 10.1. The largest absolute Gasteiger partial charge is 0.465 e. The lowest BCUT2D eigenvalue weighted by molar-refractivity contribution is 0.0602. The number of esters is 1. The minimum absolute atomic E-state index is 0.251. The van der Waals surface area contributed by atoms with E-state index in [2.05, 4.69) is 5.32 Å². The summed E-state index contributed by atoms with van der Waals surface area (Å²) in [6.07, 6.45) is 0. The van der Waals surface area contributed by atoms with E-state index in [-0.39, 0.29) is 5.91 Å². The molecule has 0 spiro atoms. The van der Waals surface area contributed by atoms with Crippen LogP contribution in [0.3, 0.4) is 0 Å². The average Bonchev–Trinajstić information content (AvgIpc) is 2.47. The van der Waals surface area contributed by atoms with Crippen molar-refractivity contribution < 1.29 is 14.3 Å². The van der Waals surface area contributed by atoms with E-state index < -0.39 is 5.97 Å². The molecule has 0 bridgehead atoms. The van der Waals surface area contributed by atoms with Crippen molar-refractivity contribution in [3.8, 4) is 0 Å². The Morgan fingerprint density at radius 1 is 0.950 bits per heavy atom. The highest BCUT2D eigenvalue weighted by molar-refractivity contribution is 6.08. The van der Waals surface area contributed by atoms with Crippen LogP contribution >= 0.6 is 0 Å². The molecule has 0 aliphatic rings. The second-order valence-electron chi connectivity index (χ2n) is 4.31. The molecule has 2 rings (SSSR count). The van der Waals surface area contributed by atoms with Crippen LogP contribution in [0, 0.1) is 6.92 Å². The van der Waals surface area contributed by atoms with Gasteiger partial charge in [0.25, 0.3) is 5.91 Å². The van der Waals surface area contributed by atoms with Gasteiger partial charge in [0.05, 0.1) is 18.4 Å². The Balaban J connectivity index is 2.29. The molecule has 4 heteroatoms. The monoisotopic (exact) mass is 269 g/mol. The molecule has 20 heavy (non-hydrogen) atoms. The normalized spacial score (nSPS) is 9.90. The molecular weight excluding hydrogens is 254 g/mol. The van der Waals surface area contributed by atoms with Crippen LogP contribution in [0.15, 0.2) is 48.5 Å². The van der Waals surface area contributed by atoms with E-state index in [9.17, 15) is 9.59 Å². The Kier molecular flexibility index (Phi) is 4.15. The molecule has 0 atom stereocenters. The second kappa shape index (κ2) is 6.02. The van der Waals surface area contributed by atoms with E-state index in [1.165, 1.54) is 7.11 Å². The number of carbonyl (C=O) groups is 2. The van der Waals surface area contributed by atoms with Crippen molar-refractivity contribution in [1.82, 2.24) is 0 Å². The Labute approximate surface area is 117 Å². The fraction of sp³-hybridized carbons (Fsp3) is 0.125. The van der Waals surface area contributed by atoms with E-state index in [4.69, 9.17) is 4.74 Å². The molecule has 0 fully saturated rings. The quantitative estimate of drug-likeness (QED) is 0.871. The third-order valence-corrected chi connectivity index (χ3v) is 2.97. The van der Waals surface area contributed by atoms with Crippen molar-refractivity contribution in [3.05, 3.63) is 65.2 Å². The molecule has 1 amide bonds. The summed E-state index contributed by atoms with van der Waals surface area (Å²) in [7, 11) is 1.31. The van der Waals surface area contributed by atoms with Crippen LogP contribution in [-0.4, -0.2) is 19.0 Å². The van der Waals surface area contributed by atoms with Gasteiger partial charge in [-0.2, -0.15) is 0 Å². The summed E-state index contributed by atoms with van der Waals surface area (Å²) < 4.78 is 4.70. The van der Waals surface area contributed by atoms with Gasteiger partial charge in [-0.15, -0.1) is 0 Å². The predicted octanol–water partition coefficient (Wildman–Crippen LogP) is 3.03. The molecule has 0 aliphatic carbocycles. The molecule has 0 aliphatic heterocycles. The van der Waals surface area contributed by atoms with E-state index >= 15 is 0 Å². The number of hydrogen-bond acceptors (Lipinski definition) is 3. The molecule has 102 valence electrons. The van der Waals surface area contributed by atoms with Crippen LogP contribution in [0.25, 0.3) is 0 Å². The van der Waals surface area contributed by atoms with Gasteiger partial charge < -0.3 is 10.1 Å². The number of benzene rings is 2. The second-order valence-corrected chi connectivity index (χ2v) is 4.31. The first-order valence-corrected chi connectivity index (χ1v) is 6.18. The first-order chi connectivity index (χ1) is 9.63. The molecule has 0 saturated heterocycles. The maximum Gasteiger partial charge on any atom is 0.339 e. The van der Waals surface area contributed by atoms with E-state index in [1.807, 2.05) is 19.1 Å². The molecular formula is C16H15NO3. The van der Waals surface area contributed by atoms with Crippen LogP contribution < -0.4 is 5.32 Å². The van der Waals surface area contributed by atoms with Crippen LogP contribution in [0.1, 0.15) is 26.3 Å². The van der Waals surface area contributed by atoms with Crippen LogP contribution in [-0.2, 0) is 4.74 Å². The van der Waals surface area contributed by atoms with Gasteiger partial charge in [-0.05, 0) is 30.7 Å². The maximum atomic E-state index is 12.2. The number of methoxy groups -OCH3 is 1. The number of hydrogen-bond donors (Lipinski definition) is 1. The fourth-order valence-electron chi connectivity index (χ4n) is 1.90. The number of anilines is 1. The standard InChI is InChI=1S/C16H15NO3/c1-11-7-3-4-8-12(11)15(18)17-14-10-6-5-9-13(14)16(19)20-2/h3-10H,1-2H3,(H,17,18). The molecule has 2 aromatic rings. The fourth-order valence-corrected chi connectivity index (χ4v) is 1.90. The molecule has 0 heterocycles. The number of carbonyl (C=O) groups excluding carboxylic acids is 2. The highest BCUT2D eigenvalue weighted by Gasteiger charge is 2.14. The van der Waals surface area contributed by atoms with Crippen LogP contribution in [0.4, 0.5) is 5.69 Å². The summed E-state index contributed by atoms with van der Waals surface area (Å²) in [6.45, 7) is 1.86. The molecule has 0 aromatic heterocycles. The van der Waals surface area contributed by atoms with E-state index in [0.717, 1.165) is 5.56 Å². The Bertz CT molecular complexity index is 650. The molecule has 2 aromatic carbocycles. The van der Waals surface area contributed by atoms with E-state index in [0.29, 0.717) is 16.8 Å². The summed E-state index contributed by atoms with van der Waals surface area (Å²) in [5, 5.41) is 2.74. The zero-order valence-corrected chi connectivity index (χ0v) is 11.3. The molecule has 0 radical (unpaired) electrons. The van der Waals surface area contributed by atoms with Crippen LogP contribution in [0.2, 0.25) is 0 Å². The highest BCUT2D eigenvalue weighted by Crippen LogP contribution is 2.18. The van der Waals surface area contributed by atoms with Crippen molar-refractivity contribution in [2.75, 3.05) is 12.4 Å². The van der Waals surface area contributed by atoms with Gasteiger partial charge in [0.2, 0.25) is 0 Å². The van der Waals surface area contributed by atoms with Crippen molar-refractivity contribution in [3.63, 3.8) is 0 Å². The molecule has 1 N–H and O–H groups in total. The smallest absolute Gasteiger partial charge is 0.339 e. The third kappa shape index (κ3) is 2.85. The van der Waals surface area contributed by atoms with Gasteiger partial charge in [-0.1, -0.05) is 30.3 Å². The average molecular weight is 269 g/mol. The van der Waals surface area contributed by atoms with E-state index in [1.54, 1.807) is 36.4 Å². The first kappa shape index (κ1) is 13.8. The molecule has 4 nitrogen and oxygen atoms in total. The van der Waals surface area contributed by atoms with Crippen LogP contribution in [0.5, 0.6) is 0 Å². The topological polar surface area (TPSA) is 55.4 Å². The number of para-hydroxylation sites is 1. The lowest BCUT2D eigenvalue weighted by Gasteiger charge is -2.10. The molecule has 0 unspecified atom stereocenters. The third-order valence-electron chi connectivity index (χ3n) is 2.97. The Morgan fingerprint density at radius 2 is 1.55 bits per heavy atom. The summed E-state index contributed by atoms with van der Waals surface area (Å²) in [6, 6.07) is 14.0. The van der Waals surface area contributed by atoms with Gasteiger partial charge in [-0.25, -0.2) is 4.79 Å². The Morgan fingerprint density at radius 3 is 2.20 bits per heavy atom. The number of aryl methyl sites for hydroxylation is 1. The zero-order valence-electron chi connectivity index (χ0n) is 11.3. The minimum Gasteiger partial charge on any atom is -0.465 e. The highest BCUT2D eigenvalue weighted by atomic mass is 16.5. The van der Waals surface area contributed by atoms with Gasteiger partial charge in [0, 0.05) is 5.56 Å². The SMILES string of the molecule is COC(=O)c1ccccc1NC(=O)c1ccccc1C. The summed E-state index contributed by atoms with van der Waals surface area (Å²) in [4.78, 5) is 23.9. The molecule has 0 saturated carbocycles. The lowest BCUT2D eigenvalue weighted by Crippen LogP contribution is -2.16. The van der Waals surface area contributed by atoms with Gasteiger partial charge in [0.15, 0.2) is 0 Å². The summed E-state index contributed by atoms with van der Waals surface area (Å²) in [5.74, 6) is -0.731. The summed E-state index contributed by atoms with van der Waals surface area (Å²) in [5.41, 5.74) is 2.22. The number of ether oxygens (including phenoxy) is 1. The summed E-state index contributed by atoms with van der Waals surface area (Å²) >= 11 is 0. The van der Waals surface area contributed by atoms with Gasteiger partial charge >= 0.3 is 5.97 Å². The Hall–Kier alpha value is -2.62. The van der Waals surface area contributed by atoms with Gasteiger partial charge in [-0.3, -0.25) is 4.79 Å². The van der Waals surface area contributed by atoms with Gasteiger partial charge in [0.1, 0.15) is 0 Å². The zero-order chi connectivity index (χ0) is 14.5. The van der Waals surface area contributed by atoms with Crippen molar-refractivity contribution in [2.24, 2.45) is 0 Å². The first-order valence-electron chi connectivity index (χ1n) is 6.18. The number of nitrogens with one attached hydrogen (secondary N) is 1. The number of rotatable bonds is 3.